The van der Waals surface area contributed by atoms with Gasteiger partial charge in [-0.05, 0) is 58.2 Å². The first-order valence-corrected chi connectivity index (χ1v) is 8.41. The lowest BCUT2D eigenvalue weighted by Crippen LogP contribution is -2.23. The minimum absolute atomic E-state index is 0.272. The molecule has 2 N–H and O–H groups in total. The third kappa shape index (κ3) is 5.47. The van der Waals surface area contributed by atoms with Gasteiger partial charge in [0.1, 0.15) is 12.4 Å². The molecule has 0 aliphatic heterocycles. The number of halogens is 2. The summed E-state index contributed by atoms with van der Waals surface area (Å²) in [4.78, 5) is 0. The van der Waals surface area contributed by atoms with Crippen LogP contribution in [-0.4, -0.2) is 24.9 Å². The Morgan fingerprint density at radius 1 is 1.21 bits per heavy atom. The Morgan fingerprint density at radius 3 is 2.54 bits per heavy atom. The molecule has 0 aromatic heterocycles. The lowest BCUT2D eigenvalue weighted by Gasteiger charge is -2.15. The minimum atomic E-state index is -0.395. The van der Waals surface area contributed by atoms with Crippen LogP contribution >= 0.6 is 15.9 Å². The highest BCUT2D eigenvalue weighted by atomic mass is 79.9. The van der Waals surface area contributed by atoms with E-state index < -0.39 is 6.10 Å². The van der Waals surface area contributed by atoms with Crippen molar-refractivity contribution in [1.29, 1.82) is 0 Å². The summed E-state index contributed by atoms with van der Waals surface area (Å²) in [6, 6.07) is 10.0. The van der Waals surface area contributed by atoms with Crippen molar-refractivity contribution in [2.75, 3.05) is 13.7 Å². The third-order valence-electron chi connectivity index (χ3n) is 3.35. The highest BCUT2D eigenvalue weighted by Gasteiger charge is 2.12. The summed E-state index contributed by atoms with van der Waals surface area (Å²) in [5.74, 6) is 0.938. The maximum Gasteiger partial charge on any atom is 0.175 e. The molecule has 0 saturated carbocycles. The fourth-order valence-electron chi connectivity index (χ4n) is 2.18. The van der Waals surface area contributed by atoms with Gasteiger partial charge < -0.3 is 19.9 Å². The SMILES string of the molecule is COc1cc(CNCC(C)O)cc(Br)c1OCc1ccc(F)cc1. The first-order valence-electron chi connectivity index (χ1n) is 7.62. The molecule has 2 rings (SSSR count). The molecule has 0 heterocycles. The Bertz CT molecular complexity index is 662. The molecule has 2 aromatic carbocycles. The topological polar surface area (TPSA) is 50.7 Å². The molecule has 0 aliphatic carbocycles. The van der Waals surface area contributed by atoms with E-state index >= 15 is 0 Å². The van der Waals surface area contributed by atoms with E-state index in [1.807, 2.05) is 12.1 Å². The zero-order chi connectivity index (χ0) is 17.5. The zero-order valence-corrected chi connectivity index (χ0v) is 15.3. The van der Waals surface area contributed by atoms with Crippen LogP contribution in [0.3, 0.4) is 0 Å². The van der Waals surface area contributed by atoms with Gasteiger partial charge in [-0.25, -0.2) is 4.39 Å². The molecule has 0 fully saturated rings. The fraction of sp³-hybridized carbons (Fsp3) is 0.333. The second-order valence-corrected chi connectivity index (χ2v) is 6.36. The van der Waals surface area contributed by atoms with Crippen molar-refractivity contribution in [2.45, 2.75) is 26.2 Å². The number of benzene rings is 2. The van der Waals surface area contributed by atoms with E-state index in [4.69, 9.17) is 9.47 Å². The van der Waals surface area contributed by atoms with Gasteiger partial charge in [0.2, 0.25) is 0 Å². The lowest BCUT2D eigenvalue weighted by atomic mass is 10.2. The summed E-state index contributed by atoms with van der Waals surface area (Å²) in [6.07, 6.45) is -0.395. The Kier molecular flexibility index (Phi) is 7.02. The van der Waals surface area contributed by atoms with Crippen LogP contribution in [0.15, 0.2) is 40.9 Å². The van der Waals surface area contributed by atoms with E-state index in [0.717, 1.165) is 15.6 Å². The van der Waals surface area contributed by atoms with Crippen molar-refractivity contribution in [2.24, 2.45) is 0 Å². The molecule has 0 bridgehead atoms. The third-order valence-corrected chi connectivity index (χ3v) is 3.94. The molecule has 0 aliphatic rings. The predicted octanol–water partition coefficient (Wildman–Crippen LogP) is 3.65. The van der Waals surface area contributed by atoms with Crippen LogP contribution in [0.4, 0.5) is 4.39 Å². The van der Waals surface area contributed by atoms with E-state index in [1.165, 1.54) is 12.1 Å². The Balaban J connectivity index is 2.07. The van der Waals surface area contributed by atoms with Gasteiger partial charge in [0.05, 0.1) is 17.7 Å². The number of hydrogen-bond donors (Lipinski definition) is 2. The standard InChI is InChI=1S/C18H21BrFNO3/c1-12(22)9-21-10-14-7-16(19)18(17(8-14)23-2)24-11-13-3-5-15(20)6-4-13/h3-8,12,21-22H,9-11H2,1-2H3. The first-order chi connectivity index (χ1) is 11.5. The fourth-order valence-corrected chi connectivity index (χ4v) is 2.78. The molecular weight excluding hydrogens is 377 g/mol. The van der Waals surface area contributed by atoms with Crippen molar-refractivity contribution < 1.29 is 19.0 Å². The van der Waals surface area contributed by atoms with Crippen LogP contribution in [0, 0.1) is 5.82 Å². The number of methoxy groups -OCH3 is 1. The van der Waals surface area contributed by atoms with E-state index in [-0.39, 0.29) is 5.82 Å². The average molecular weight is 398 g/mol. The Labute approximate surface area is 149 Å². The quantitative estimate of drug-likeness (QED) is 0.713. The summed E-state index contributed by atoms with van der Waals surface area (Å²) in [7, 11) is 1.58. The van der Waals surface area contributed by atoms with Crippen LogP contribution in [-0.2, 0) is 13.2 Å². The van der Waals surface area contributed by atoms with Crippen LogP contribution in [0.5, 0.6) is 11.5 Å². The molecule has 4 nitrogen and oxygen atoms in total. The van der Waals surface area contributed by atoms with Crippen molar-refractivity contribution in [1.82, 2.24) is 5.32 Å². The number of rotatable bonds is 8. The smallest absolute Gasteiger partial charge is 0.175 e. The van der Waals surface area contributed by atoms with Crippen LogP contribution in [0.1, 0.15) is 18.1 Å². The molecule has 0 spiro atoms. The Hall–Kier alpha value is -1.63. The highest BCUT2D eigenvalue weighted by molar-refractivity contribution is 9.10. The van der Waals surface area contributed by atoms with Gasteiger partial charge >= 0.3 is 0 Å². The first kappa shape index (κ1) is 18.7. The van der Waals surface area contributed by atoms with Gasteiger partial charge in [-0.1, -0.05) is 12.1 Å². The van der Waals surface area contributed by atoms with E-state index in [9.17, 15) is 9.50 Å². The van der Waals surface area contributed by atoms with Gasteiger partial charge in [-0.2, -0.15) is 0 Å². The lowest BCUT2D eigenvalue weighted by molar-refractivity contribution is 0.191. The zero-order valence-electron chi connectivity index (χ0n) is 13.7. The van der Waals surface area contributed by atoms with Crippen LogP contribution < -0.4 is 14.8 Å². The van der Waals surface area contributed by atoms with Crippen molar-refractivity contribution in [3.8, 4) is 11.5 Å². The molecule has 130 valence electrons. The average Bonchev–Trinajstić information content (AvgIpc) is 2.54. The van der Waals surface area contributed by atoms with Gasteiger partial charge in [0, 0.05) is 13.1 Å². The molecule has 6 heteroatoms. The maximum absolute atomic E-state index is 12.9. The number of hydrogen-bond acceptors (Lipinski definition) is 4. The normalized spacial score (nSPS) is 12.0. The second-order valence-electron chi connectivity index (χ2n) is 5.50. The summed E-state index contributed by atoms with van der Waals surface area (Å²) < 4.78 is 25.0. The monoisotopic (exact) mass is 397 g/mol. The van der Waals surface area contributed by atoms with Gasteiger partial charge in [-0.3, -0.25) is 0 Å². The number of ether oxygens (including phenoxy) is 2. The van der Waals surface area contributed by atoms with Crippen molar-refractivity contribution in [3.63, 3.8) is 0 Å². The van der Waals surface area contributed by atoms with E-state index in [2.05, 4.69) is 21.2 Å². The largest absolute Gasteiger partial charge is 0.493 e. The molecule has 2 aromatic rings. The summed E-state index contributed by atoms with van der Waals surface area (Å²) in [6.45, 7) is 3.17. The molecule has 0 saturated heterocycles. The van der Waals surface area contributed by atoms with Gasteiger partial charge in [0.25, 0.3) is 0 Å². The minimum Gasteiger partial charge on any atom is -0.493 e. The summed E-state index contributed by atoms with van der Waals surface area (Å²) in [5.41, 5.74) is 1.88. The van der Waals surface area contributed by atoms with Gasteiger partial charge in [0.15, 0.2) is 11.5 Å². The van der Waals surface area contributed by atoms with Crippen molar-refractivity contribution in [3.05, 3.63) is 57.8 Å². The predicted molar refractivity (Wildman–Crippen MR) is 94.8 cm³/mol. The number of nitrogens with one attached hydrogen (secondary N) is 1. The van der Waals surface area contributed by atoms with Gasteiger partial charge in [-0.15, -0.1) is 0 Å². The molecule has 0 amide bonds. The molecule has 24 heavy (non-hydrogen) atoms. The van der Waals surface area contributed by atoms with Crippen LogP contribution in [0.25, 0.3) is 0 Å². The molecular formula is C18H21BrFNO3. The molecule has 1 atom stereocenters. The summed E-state index contributed by atoms with van der Waals surface area (Å²) >= 11 is 3.50. The van der Waals surface area contributed by atoms with Crippen molar-refractivity contribution >= 4 is 15.9 Å². The second kappa shape index (κ2) is 9.01. The molecule has 1 unspecified atom stereocenters. The Morgan fingerprint density at radius 2 is 1.92 bits per heavy atom. The highest BCUT2D eigenvalue weighted by Crippen LogP contribution is 2.37. The van der Waals surface area contributed by atoms with Crippen LogP contribution in [0.2, 0.25) is 0 Å². The summed E-state index contributed by atoms with van der Waals surface area (Å²) in [5, 5.41) is 12.4. The van der Waals surface area contributed by atoms with E-state index in [0.29, 0.717) is 31.2 Å². The number of aliphatic hydroxyl groups excluding tert-OH is 1. The molecule has 0 radical (unpaired) electrons. The maximum atomic E-state index is 12.9. The van der Waals surface area contributed by atoms with E-state index in [1.54, 1.807) is 26.2 Å². The number of aliphatic hydroxyl groups is 1.